The summed E-state index contributed by atoms with van der Waals surface area (Å²) in [5.41, 5.74) is 1.84. The second kappa shape index (κ2) is 14.3. The summed E-state index contributed by atoms with van der Waals surface area (Å²) < 4.78 is 53.8. The number of benzene rings is 2. The van der Waals surface area contributed by atoms with Crippen LogP contribution in [0.1, 0.15) is 17.5 Å². The first-order valence-electron chi connectivity index (χ1n) is 9.55. The summed E-state index contributed by atoms with van der Waals surface area (Å²) in [4.78, 5) is 0.204. The van der Waals surface area contributed by atoms with E-state index in [9.17, 15) is 16.8 Å². The zero-order valence-electron chi connectivity index (χ0n) is 18.1. The van der Waals surface area contributed by atoms with Gasteiger partial charge in [0.05, 0.1) is 9.79 Å². The fourth-order valence-corrected chi connectivity index (χ4v) is 5.65. The van der Waals surface area contributed by atoms with Gasteiger partial charge < -0.3 is 24.7 Å². The minimum Gasteiger partial charge on any atom is -0.692 e. The zero-order chi connectivity index (χ0) is 23.1. The Morgan fingerprint density at radius 2 is 0.970 bits per heavy atom. The first kappa shape index (κ1) is 31.9. The van der Waals surface area contributed by atoms with Gasteiger partial charge in [-0.3, -0.25) is 0 Å². The number of aryl methyl sites for hydroxylation is 2. The zero-order valence-corrected chi connectivity index (χ0v) is 24.1. The quantitative estimate of drug-likeness (QED) is 0.210. The van der Waals surface area contributed by atoms with Gasteiger partial charge in [-0.1, -0.05) is 35.4 Å². The molecule has 0 saturated carbocycles. The van der Waals surface area contributed by atoms with Crippen molar-refractivity contribution < 1.29 is 61.6 Å². The molecular formula is C23H24Au2N2O4S2. The van der Waals surface area contributed by atoms with Gasteiger partial charge in [-0.05, 0) is 44.5 Å². The molecule has 0 fully saturated rings. The van der Waals surface area contributed by atoms with Crippen LogP contribution in [0, 0.1) is 38.5 Å². The summed E-state index contributed by atoms with van der Waals surface area (Å²) in [5, 5.41) is 0. The Kier molecular flexibility index (Phi) is 13.8. The molecule has 2 aromatic carbocycles. The molecule has 33 heavy (non-hydrogen) atoms. The molecule has 0 aliphatic rings. The maximum atomic E-state index is 12.9. The minimum absolute atomic E-state index is 0. The molecule has 6 nitrogen and oxygen atoms in total. The maximum Gasteiger partial charge on any atom is 1.00 e. The number of sulfonamides is 2. The van der Waals surface area contributed by atoms with E-state index < -0.39 is 20.0 Å². The van der Waals surface area contributed by atoms with Gasteiger partial charge in [-0.15, -0.1) is 0 Å². The summed E-state index contributed by atoms with van der Waals surface area (Å²) in [5.74, 6) is 4.20. The molecule has 0 spiro atoms. The first-order valence-corrected chi connectivity index (χ1v) is 12.4. The topological polar surface area (TPSA) is 74.8 Å². The van der Waals surface area contributed by atoms with Gasteiger partial charge in [0.1, 0.15) is 0 Å². The van der Waals surface area contributed by atoms with E-state index in [-0.39, 0.29) is 87.2 Å². The number of hydrogen-bond donors (Lipinski definition) is 0. The summed E-state index contributed by atoms with van der Waals surface area (Å²) in [6, 6.07) is 12.8. The van der Waals surface area contributed by atoms with E-state index in [1.807, 2.05) is 13.8 Å². The smallest absolute Gasteiger partial charge is 0.692 e. The Labute approximate surface area is 229 Å². The standard InChI is InChI=1S/C23H24N2O4S2.2Au/c1-5-16-24(30(26,27)22-12-8-20(3)9-13-22)18-7-19-25(17-6-2)31(28,29)23-14-10-21(4)11-15-23;;/h8-15H,7,16-19H2,3-4H3;;/q-2;2*+1. The Morgan fingerprint density at radius 3 is 1.24 bits per heavy atom. The van der Waals surface area contributed by atoms with Crippen molar-refractivity contribution in [2.75, 3.05) is 26.2 Å². The van der Waals surface area contributed by atoms with Crippen molar-refractivity contribution in [3.05, 3.63) is 72.5 Å². The maximum absolute atomic E-state index is 12.9. The third kappa shape index (κ3) is 8.54. The minimum atomic E-state index is -3.85. The summed E-state index contributed by atoms with van der Waals surface area (Å²) >= 11 is 0. The van der Waals surface area contributed by atoms with Gasteiger partial charge in [0.2, 0.25) is 20.0 Å². The van der Waals surface area contributed by atoms with Crippen LogP contribution in [0.2, 0.25) is 0 Å². The third-order valence-corrected chi connectivity index (χ3v) is 8.36. The Balaban J connectivity index is 0.00000512. The van der Waals surface area contributed by atoms with Crippen LogP contribution >= 0.6 is 0 Å². The normalized spacial score (nSPS) is 11.2. The molecule has 0 N–H and O–H groups in total. The predicted octanol–water partition coefficient (Wildman–Crippen LogP) is 2.55. The molecule has 0 aromatic heterocycles. The van der Waals surface area contributed by atoms with Crippen molar-refractivity contribution in [1.82, 2.24) is 8.61 Å². The summed E-state index contributed by atoms with van der Waals surface area (Å²) in [6.45, 7) is 3.22. The van der Waals surface area contributed by atoms with Gasteiger partial charge in [0, 0.05) is 26.2 Å². The molecule has 0 bridgehead atoms. The molecule has 0 saturated heterocycles. The van der Waals surface area contributed by atoms with E-state index >= 15 is 0 Å². The van der Waals surface area contributed by atoms with Gasteiger partial charge in [0.15, 0.2) is 0 Å². The fourth-order valence-electron chi connectivity index (χ4n) is 2.89. The second-order valence-corrected chi connectivity index (χ2v) is 10.9. The largest absolute Gasteiger partial charge is 1.00 e. The molecule has 0 amide bonds. The van der Waals surface area contributed by atoms with Crippen LogP contribution in [0.3, 0.4) is 0 Å². The van der Waals surface area contributed by atoms with E-state index in [1.165, 1.54) is 24.3 Å². The second-order valence-electron chi connectivity index (χ2n) is 7.01. The molecule has 2 rings (SSSR count). The molecule has 10 heteroatoms. The van der Waals surface area contributed by atoms with Crippen molar-refractivity contribution >= 4 is 20.0 Å². The number of nitrogens with zero attached hydrogens (tertiary/aromatic N) is 2. The van der Waals surface area contributed by atoms with Gasteiger partial charge >= 0.3 is 44.8 Å². The van der Waals surface area contributed by atoms with Gasteiger partial charge in [0.25, 0.3) is 0 Å². The van der Waals surface area contributed by atoms with Crippen molar-refractivity contribution in [2.45, 2.75) is 30.1 Å². The molecule has 0 unspecified atom stereocenters. The first-order chi connectivity index (χ1) is 14.6. The van der Waals surface area contributed by atoms with Crippen LogP contribution in [0.15, 0.2) is 58.3 Å². The van der Waals surface area contributed by atoms with Crippen LogP contribution < -0.4 is 0 Å². The molecule has 0 aliphatic carbocycles. The van der Waals surface area contributed by atoms with E-state index in [1.54, 1.807) is 24.3 Å². The Hall–Kier alpha value is -1.14. The third-order valence-electron chi connectivity index (χ3n) is 4.64. The summed E-state index contributed by atoms with van der Waals surface area (Å²) in [6.07, 6.45) is 14.6. The van der Waals surface area contributed by atoms with Crippen LogP contribution in [0.4, 0.5) is 0 Å². The monoisotopic (exact) mass is 850 g/mol. The van der Waals surface area contributed by atoms with E-state index in [4.69, 9.17) is 12.8 Å². The molecular weight excluding hydrogens is 826 g/mol. The average molecular weight is 851 g/mol. The Bertz CT molecular complexity index is 1090. The number of rotatable bonds is 10. The van der Waals surface area contributed by atoms with E-state index in [2.05, 4.69) is 11.8 Å². The molecule has 0 atom stereocenters. The van der Waals surface area contributed by atoms with Crippen molar-refractivity contribution in [2.24, 2.45) is 0 Å². The van der Waals surface area contributed by atoms with Crippen LogP contribution in [-0.4, -0.2) is 51.6 Å². The van der Waals surface area contributed by atoms with Crippen LogP contribution in [0.25, 0.3) is 0 Å². The predicted molar refractivity (Wildman–Crippen MR) is 119 cm³/mol. The van der Waals surface area contributed by atoms with Crippen LogP contribution in [0.5, 0.6) is 0 Å². The molecule has 184 valence electrons. The molecule has 0 aliphatic heterocycles. The summed E-state index contributed by atoms with van der Waals surface area (Å²) in [7, 11) is -7.70. The van der Waals surface area contributed by atoms with Crippen molar-refractivity contribution in [3.8, 4) is 11.8 Å². The van der Waals surface area contributed by atoms with Gasteiger partial charge in [-0.25, -0.2) is 16.8 Å². The number of hydrogen-bond acceptors (Lipinski definition) is 4. The van der Waals surface area contributed by atoms with Crippen LogP contribution in [-0.2, 0) is 64.8 Å². The van der Waals surface area contributed by atoms with E-state index in [0.717, 1.165) is 19.7 Å². The fraction of sp³-hybridized carbons (Fsp3) is 0.304. The molecule has 2 aromatic rings. The van der Waals surface area contributed by atoms with Crippen molar-refractivity contribution in [3.63, 3.8) is 0 Å². The molecule has 0 heterocycles. The Morgan fingerprint density at radius 1 is 0.667 bits per heavy atom. The van der Waals surface area contributed by atoms with Crippen molar-refractivity contribution in [1.29, 1.82) is 0 Å². The van der Waals surface area contributed by atoms with E-state index in [0.29, 0.717) is 0 Å². The SMILES string of the molecule is [Au+].[Au+].[C-]#CCN(CCCN(CC#[C-])S(=O)(=O)c1ccc(C)cc1)S(=O)(=O)c1ccc(C)cc1. The average Bonchev–Trinajstić information content (AvgIpc) is 2.73. The van der Waals surface area contributed by atoms with Gasteiger partial charge in [-0.2, -0.15) is 8.61 Å². The molecule has 0 radical (unpaired) electrons.